The van der Waals surface area contributed by atoms with E-state index >= 15 is 0 Å². The maximum atomic E-state index is 12.8. The molecule has 0 atom stereocenters. The van der Waals surface area contributed by atoms with Gasteiger partial charge in [0.25, 0.3) is 0 Å². The van der Waals surface area contributed by atoms with Crippen LogP contribution in [0.1, 0.15) is 39.0 Å². The molecule has 1 aliphatic rings. The summed E-state index contributed by atoms with van der Waals surface area (Å²) in [6, 6.07) is 4.21. The summed E-state index contributed by atoms with van der Waals surface area (Å²) >= 11 is 0. The van der Waals surface area contributed by atoms with Crippen molar-refractivity contribution in [2.75, 3.05) is 6.54 Å². The fourth-order valence-corrected chi connectivity index (χ4v) is 3.18. The molecule has 0 aliphatic heterocycles. The maximum absolute atomic E-state index is 12.8. The molecule has 1 aliphatic carbocycles. The highest BCUT2D eigenvalue weighted by molar-refractivity contribution is 5.78. The minimum Gasteiger partial charge on any atom is -0.321 e. The van der Waals surface area contributed by atoms with E-state index < -0.39 is 0 Å². The van der Waals surface area contributed by atoms with Gasteiger partial charge in [-0.1, -0.05) is 19.3 Å². The number of pyridine rings is 1. The summed E-state index contributed by atoms with van der Waals surface area (Å²) in [6.45, 7) is 2.79. The lowest BCUT2D eigenvalue weighted by Gasteiger charge is -2.33. The summed E-state index contributed by atoms with van der Waals surface area (Å²) in [4.78, 5) is 23.2. The average molecular weight is 298 g/mol. The van der Waals surface area contributed by atoms with Gasteiger partial charge < -0.3 is 4.90 Å². The molecule has 0 spiro atoms. The van der Waals surface area contributed by atoms with Crippen molar-refractivity contribution in [3.63, 3.8) is 0 Å². The molecule has 0 bridgehead atoms. The first kappa shape index (κ1) is 14.8. The van der Waals surface area contributed by atoms with Gasteiger partial charge in [0, 0.05) is 36.7 Å². The smallest absolute Gasteiger partial charge is 0.321 e. The molecule has 1 saturated carbocycles. The van der Waals surface area contributed by atoms with Crippen LogP contribution in [0.3, 0.4) is 0 Å². The molecular formula is C17H22N4O. The Bertz CT molecular complexity index is 617. The van der Waals surface area contributed by atoms with Gasteiger partial charge in [-0.25, -0.2) is 9.78 Å². The second kappa shape index (κ2) is 6.73. The molecule has 1 amide bonds. The standard InChI is InChI=1S/C17H22N4O/c1-2-21(15-8-4-3-5-9-15)17(22)20-12-16(19-13-20)14-7-6-10-18-11-14/h6-7,10-13,15H,2-5,8-9H2,1H3. The molecule has 0 aromatic carbocycles. The number of hydrogen-bond donors (Lipinski definition) is 0. The Balaban J connectivity index is 1.78. The minimum absolute atomic E-state index is 0.0250. The molecule has 0 saturated heterocycles. The molecule has 2 aromatic rings. The molecule has 5 nitrogen and oxygen atoms in total. The third-order valence-corrected chi connectivity index (χ3v) is 4.36. The topological polar surface area (TPSA) is 51.0 Å². The molecule has 1 fully saturated rings. The van der Waals surface area contributed by atoms with Crippen molar-refractivity contribution in [1.82, 2.24) is 19.4 Å². The van der Waals surface area contributed by atoms with Gasteiger partial charge in [-0.15, -0.1) is 0 Å². The van der Waals surface area contributed by atoms with Crippen molar-refractivity contribution in [2.45, 2.75) is 45.1 Å². The van der Waals surface area contributed by atoms with E-state index in [4.69, 9.17) is 0 Å². The van der Waals surface area contributed by atoms with Gasteiger partial charge in [0.15, 0.2) is 0 Å². The fraction of sp³-hybridized carbons (Fsp3) is 0.471. The van der Waals surface area contributed by atoms with E-state index in [2.05, 4.69) is 9.97 Å². The Morgan fingerprint density at radius 2 is 2.18 bits per heavy atom. The number of aromatic nitrogens is 3. The van der Waals surface area contributed by atoms with Crippen molar-refractivity contribution in [3.8, 4) is 11.3 Å². The van der Waals surface area contributed by atoms with Gasteiger partial charge >= 0.3 is 6.03 Å². The molecule has 0 N–H and O–H groups in total. The van der Waals surface area contributed by atoms with Crippen molar-refractivity contribution >= 4 is 6.03 Å². The van der Waals surface area contributed by atoms with E-state index in [0.717, 1.165) is 30.6 Å². The minimum atomic E-state index is 0.0250. The third kappa shape index (κ3) is 3.03. The molecule has 22 heavy (non-hydrogen) atoms. The van der Waals surface area contributed by atoms with Crippen LogP contribution >= 0.6 is 0 Å². The number of rotatable bonds is 3. The third-order valence-electron chi connectivity index (χ3n) is 4.36. The van der Waals surface area contributed by atoms with Crippen LogP contribution in [0, 0.1) is 0 Å². The first-order valence-corrected chi connectivity index (χ1v) is 8.05. The number of carbonyl (C=O) groups excluding carboxylic acids is 1. The molecular weight excluding hydrogens is 276 g/mol. The summed E-state index contributed by atoms with van der Waals surface area (Å²) in [5, 5.41) is 0. The monoisotopic (exact) mass is 298 g/mol. The first-order valence-electron chi connectivity index (χ1n) is 8.05. The average Bonchev–Trinajstić information content (AvgIpc) is 3.07. The maximum Gasteiger partial charge on any atom is 0.329 e. The predicted molar refractivity (Wildman–Crippen MR) is 85.5 cm³/mol. The summed E-state index contributed by atoms with van der Waals surface area (Å²) in [5.74, 6) is 0. The van der Waals surface area contributed by atoms with Crippen LogP contribution in [0.4, 0.5) is 4.79 Å². The van der Waals surface area contributed by atoms with Gasteiger partial charge in [0.05, 0.1) is 5.69 Å². The van der Waals surface area contributed by atoms with Gasteiger partial charge in [-0.2, -0.15) is 0 Å². The quantitative estimate of drug-likeness (QED) is 0.870. The highest BCUT2D eigenvalue weighted by Crippen LogP contribution is 2.23. The highest BCUT2D eigenvalue weighted by Gasteiger charge is 2.25. The number of imidazole rings is 1. The van der Waals surface area contributed by atoms with Crippen LogP contribution in [0.15, 0.2) is 37.1 Å². The number of hydrogen-bond acceptors (Lipinski definition) is 3. The molecule has 0 radical (unpaired) electrons. The molecule has 3 rings (SSSR count). The van der Waals surface area contributed by atoms with Gasteiger partial charge in [0.2, 0.25) is 0 Å². The summed E-state index contributed by atoms with van der Waals surface area (Å²) in [7, 11) is 0. The second-order valence-corrected chi connectivity index (χ2v) is 5.77. The molecule has 2 heterocycles. The van der Waals surface area contributed by atoms with E-state index in [9.17, 15) is 4.79 Å². The summed E-state index contributed by atoms with van der Waals surface area (Å²) in [6.07, 6.45) is 12.9. The SMILES string of the molecule is CCN(C(=O)n1cnc(-c2cccnc2)c1)C1CCCCC1. The summed E-state index contributed by atoms with van der Waals surface area (Å²) in [5.41, 5.74) is 1.70. The largest absolute Gasteiger partial charge is 0.329 e. The summed E-state index contributed by atoms with van der Waals surface area (Å²) < 4.78 is 1.60. The van der Waals surface area contributed by atoms with E-state index in [1.54, 1.807) is 29.5 Å². The predicted octanol–water partition coefficient (Wildman–Crippen LogP) is 3.57. The van der Waals surface area contributed by atoms with Crippen LogP contribution in [0.5, 0.6) is 0 Å². The zero-order valence-electron chi connectivity index (χ0n) is 13.0. The Hall–Kier alpha value is -2.17. The van der Waals surface area contributed by atoms with Crippen LogP contribution < -0.4 is 0 Å². The molecule has 5 heteroatoms. The van der Waals surface area contributed by atoms with Crippen LogP contribution in [-0.4, -0.2) is 38.1 Å². The van der Waals surface area contributed by atoms with Crippen LogP contribution in [-0.2, 0) is 0 Å². The van der Waals surface area contributed by atoms with Gasteiger partial charge in [0.1, 0.15) is 6.33 Å². The number of amides is 1. The fourth-order valence-electron chi connectivity index (χ4n) is 3.18. The van der Waals surface area contributed by atoms with Gasteiger partial charge in [-0.05, 0) is 31.9 Å². The Labute approximate surface area is 131 Å². The van der Waals surface area contributed by atoms with Crippen molar-refractivity contribution in [3.05, 3.63) is 37.1 Å². The van der Waals surface area contributed by atoms with E-state index in [1.807, 2.05) is 24.0 Å². The Morgan fingerprint density at radius 1 is 1.36 bits per heavy atom. The Morgan fingerprint density at radius 3 is 2.86 bits per heavy atom. The van der Waals surface area contributed by atoms with Gasteiger partial charge in [-0.3, -0.25) is 9.55 Å². The number of carbonyl (C=O) groups is 1. The molecule has 116 valence electrons. The lowest BCUT2D eigenvalue weighted by molar-refractivity contribution is 0.161. The molecule has 2 aromatic heterocycles. The zero-order valence-corrected chi connectivity index (χ0v) is 13.0. The van der Waals surface area contributed by atoms with Crippen LogP contribution in [0.25, 0.3) is 11.3 Å². The lowest BCUT2D eigenvalue weighted by Crippen LogP contribution is -2.43. The van der Waals surface area contributed by atoms with Crippen molar-refractivity contribution in [2.24, 2.45) is 0 Å². The normalized spacial score (nSPS) is 15.7. The van der Waals surface area contributed by atoms with Crippen molar-refractivity contribution < 1.29 is 4.79 Å². The van der Waals surface area contributed by atoms with E-state index in [1.165, 1.54) is 19.3 Å². The van der Waals surface area contributed by atoms with Crippen molar-refractivity contribution in [1.29, 1.82) is 0 Å². The zero-order chi connectivity index (χ0) is 15.4. The number of nitrogens with zero attached hydrogens (tertiary/aromatic N) is 4. The second-order valence-electron chi connectivity index (χ2n) is 5.77. The highest BCUT2D eigenvalue weighted by atomic mass is 16.2. The van der Waals surface area contributed by atoms with Crippen LogP contribution in [0.2, 0.25) is 0 Å². The van der Waals surface area contributed by atoms with E-state index in [-0.39, 0.29) is 6.03 Å². The lowest BCUT2D eigenvalue weighted by atomic mass is 9.94. The molecule has 0 unspecified atom stereocenters. The Kier molecular flexibility index (Phi) is 4.51. The van der Waals surface area contributed by atoms with E-state index in [0.29, 0.717) is 6.04 Å². The first-order chi connectivity index (χ1) is 10.8.